The van der Waals surface area contributed by atoms with Crippen molar-refractivity contribution >= 4 is 35.6 Å². The van der Waals surface area contributed by atoms with Gasteiger partial charge in [-0.05, 0) is 68.5 Å². The molecule has 11 N–H and O–H groups in total. The fourth-order valence-electron chi connectivity index (χ4n) is 5.86. The number of nitrogens with one attached hydrogen (secondary N) is 3. The molecule has 1 aliphatic rings. The molecule has 15 nitrogen and oxygen atoms in total. The number of unbranched alkanes of at least 4 members (excludes halogenated alkanes) is 1. The van der Waals surface area contributed by atoms with Crippen LogP contribution < -0.4 is 33.2 Å². The Bertz CT molecular complexity index is 1480. The molecule has 0 spiro atoms. The van der Waals surface area contributed by atoms with Gasteiger partial charge in [0.05, 0.1) is 6.04 Å². The van der Waals surface area contributed by atoms with Gasteiger partial charge in [-0.1, -0.05) is 74.5 Å². The summed E-state index contributed by atoms with van der Waals surface area (Å²) in [7, 11) is 0. The van der Waals surface area contributed by atoms with Gasteiger partial charge in [0.2, 0.25) is 23.6 Å². The minimum absolute atomic E-state index is 0.000286. The Morgan fingerprint density at radius 2 is 1.23 bits per heavy atom. The molecule has 0 bridgehead atoms. The van der Waals surface area contributed by atoms with E-state index >= 15 is 0 Å². The average molecular weight is 740 g/mol. The van der Waals surface area contributed by atoms with Crippen molar-refractivity contribution in [2.45, 2.75) is 102 Å². The third kappa shape index (κ3) is 15.7. The summed E-state index contributed by atoms with van der Waals surface area (Å²) in [6, 6.07) is 14.7. The molecule has 4 atom stereocenters. The van der Waals surface area contributed by atoms with E-state index in [1.165, 1.54) is 4.90 Å². The number of nitrogens with two attached hydrogens (primary N) is 3. The van der Waals surface area contributed by atoms with Crippen molar-refractivity contribution in [3.8, 4) is 0 Å². The Morgan fingerprint density at radius 1 is 0.755 bits per heavy atom. The zero-order chi connectivity index (χ0) is 39.6. The van der Waals surface area contributed by atoms with Gasteiger partial charge in [-0.25, -0.2) is 0 Å². The highest BCUT2D eigenvalue weighted by atomic mass is 16.4. The van der Waals surface area contributed by atoms with Crippen molar-refractivity contribution in [3.63, 3.8) is 0 Å². The van der Waals surface area contributed by atoms with Gasteiger partial charge in [0.1, 0.15) is 23.7 Å². The second-order valence-corrected chi connectivity index (χ2v) is 13.9. The number of hydrogen-bond donors (Lipinski definition) is 8. The number of nitrogens with zero attached hydrogens (tertiary/aromatic N) is 1. The highest BCUT2D eigenvalue weighted by molar-refractivity contribution is 5.95. The first kappa shape index (κ1) is 44.3. The van der Waals surface area contributed by atoms with Crippen LogP contribution in [0.15, 0.2) is 60.7 Å². The van der Waals surface area contributed by atoms with E-state index in [-0.39, 0.29) is 57.0 Å². The minimum Gasteiger partial charge on any atom is -0.481 e. The van der Waals surface area contributed by atoms with Crippen LogP contribution in [0.5, 0.6) is 0 Å². The van der Waals surface area contributed by atoms with E-state index in [1.807, 2.05) is 74.5 Å². The van der Waals surface area contributed by atoms with Crippen molar-refractivity contribution < 1.29 is 39.0 Å². The van der Waals surface area contributed by atoms with E-state index in [9.17, 15) is 29.1 Å². The fraction of sp³-hybridized carbons (Fsp3) is 0.526. The lowest BCUT2D eigenvalue weighted by Gasteiger charge is -2.38. The first-order valence-corrected chi connectivity index (χ1v) is 18.0. The number of amides is 4. The number of carboxylic acids is 2. The zero-order valence-electron chi connectivity index (χ0n) is 31.0. The summed E-state index contributed by atoms with van der Waals surface area (Å²) < 4.78 is 0. The summed E-state index contributed by atoms with van der Waals surface area (Å²) >= 11 is 0. The third-order valence-electron chi connectivity index (χ3n) is 8.85. The maximum atomic E-state index is 13.9. The maximum absolute atomic E-state index is 13.9. The second kappa shape index (κ2) is 22.3. The van der Waals surface area contributed by atoms with Crippen molar-refractivity contribution in [3.05, 3.63) is 71.8 Å². The number of hydrogen-bond acceptors (Lipinski definition) is 9. The summed E-state index contributed by atoms with van der Waals surface area (Å²) in [5.74, 6) is -3.87. The molecule has 2 aromatic rings. The molecule has 0 saturated carbocycles. The molecular formula is C38H57N7O8. The van der Waals surface area contributed by atoms with Crippen molar-refractivity contribution in [1.82, 2.24) is 20.9 Å². The molecular weight excluding hydrogens is 682 g/mol. The predicted octanol–water partition coefficient (Wildman–Crippen LogP) is 0.924. The van der Waals surface area contributed by atoms with Crippen LogP contribution in [0, 0.1) is 5.92 Å². The van der Waals surface area contributed by atoms with Gasteiger partial charge >= 0.3 is 5.97 Å². The highest BCUT2D eigenvalue weighted by Gasteiger charge is 2.40. The van der Waals surface area contributed by atoms with Crippen molar-refractivity contribution in [2.75, 3.05) is 19.6 Å². The molecule has 4 unspecified atom stereocenters. The van der Waals surface area contributed by atoms with Crippen LogP contribution in [0.2, 0.25) is 0 Å². The molecule has 0 aromatic heterocycles. The van der Waals surface area contributed by atoms with Crippen molar-refractivity contribution in [2.24, 2.45) is 23.1 Å². The molecule has 292 valence electrons. The summed E-state index contributed by atoms with van der Waals surface area (Å²) in [6.45, 7) is 5.62. The molecule has 15 heteroatoms. The Labute approximate surface area is 311 Å². The quantitative estimate of drug-likeness (QED) is 0.0997. The molecule has 0 radical (unpaired) electrons. The SMILES string of the molecule is CC(=O)O.CC(C)CC(NC(=O)C(Cc1ccccc1)NC(=O)C(N)Cc1ccccc1)C(=O)NC(CCCCN)C(=O)N1CCC(N)(C(=O)O)CC1. The number of carbonyl (C=O) groups excluding carboxylic acids is 4. The summed E-state index contributed by atoms with van der Waals surface area (Å²) in [5, 5.41) is 25.4. The van der Waals surface area contributed by atoms with Crippen LogP contribution in [0.4, 0.5) is 0 Å². The van der Waals surface area contributed by atoms with Gasteiger partial charge in [0, 0.05) is 26.4 Å². The van der Waals surface area contributed by atoms with Gasteiger partial charge in [-0.15, -0.1) is 0 Å². The van der Waals surface area contributed by atoms with Crippen LogP contribution in [0.25, 0.3) is 0 Å². The largest absolute Gasteiger partial charge is 0.481 e. The lowest BCUT2D eigenvalue weighted by molar-refractivity contribution is -0.148. The molecule has 53 heavy (non-hydrogen) atoms. The second-order valence-electron chi connectivity index (χ2n) is 13.9. The van der Waals surface area contributed by atoms with E-state index in [2.05, 4.69) is 16.0 Å². The van der Waals surface area contributed by atoms with Gasteiger partial charge in [0.25, 0.3) is 5.97 Å². The Balaban J connectivity index is 0.00000231. The maximum Gasteiger partial charge on any atom is 0.323 e. The highest BCUT2D eigenvalue weighted by Crippen LogP contribution is 2.21. The number of aliphatic carboxylic acids is 2. The van der Waals surface area contributed by atoms with E-state index in [1.54, 1.807) is 0 Å². The first-order chi connectivity index (χ1) is 25.1. The van der Waals surface area contributed by atoms with Crippen LogP contribution in [0.1, 0.15) is 70.4 Å². The number of carbonyl (C=O) groups is 6. The molecule has 0 aliphatic carbocycles. The summed E-state index contributed by atoms with van der Waals surface area (Å²) in [5.41, 5.74) is 18.2. The van der Waals surface area contributed by atoms with Crippen LogP contribution in [-0.4, -0.2) is 100 Å². The standard InChI is InChI=1S/C36H53N7O6.C2H4O2/c1-24(2)21-29(32(45)40-28(15-9-10-18-37)34(47)43-19-16-36(39,17-20-43)35(48)49)42-33(46)30(23-26-13-7-4-8-14-26)41-31(44)27(38)22-25-11-5-3-6-12-25;1-2(3)4/h3-8,11-14,24,27-30H,9-10,15-23,37-39H2,1-2H3,(H,40,45)(H,41,44)(H,42,46)(H,48,49);1H3,(H,3,4). The third-order valence-corrected chi connectivity index (χ3v) is 8.85. The fourth-order valence-corrected chi connectivity index (χ4v) is 5.86. The topological polar surface area (TPSA) is 260 Å². The van der Waals surface area contributed by atoms with Crippen LogP contribution in [0.3, 0.4) is 0 Å². The smallest absolute Gasteiger partial charge is 0.323 e. The Kier molecular flexibility index (Phi) is 18.6. The summed E-state index contributed by atoms with van der Waals surface area (Å²) in [4.78, 5) is 76.7. The molecule has 4 amide bonds. The van der Waals surface area contributed by atoms with Gasteiger partial charge in [-0.2, -0.15) is 0 Å². The molecule has 3 rings (SSSR count). The average Bonchev–Trinajstić information content (AvgIpc) is 3.11. The van der Waals surface area contributed by atoms with E-state index in [0.29, 0.717) is 25.8 Å². The lowest BCUT2D eigenvalue weighted by atomic mass is 9.88. The summed E-state index contributed by atoms with van der Waals surface area (Å²) in [6.07, 6.45) is 2.44. The molecule has 1 heterocycles. The zero-order valence-corrected chi connectivity index (χ0v) is 31.0. The Morgan fingerprint density at radius 3 is 1.72 bits per heavy atom. The van der Waals surface area contributed by atoms with Gasteiger partial charge in [0.15, 0.2) is 0 Å². The first-order valence-electron chi connectivity index (χ1n) is 18.0. The molecule has 1 saturated heterocycles. The molecule has 1 aliphatic heterocycles. The van der Waals surface area contributed by atoms with Gasteiger partial charge in [-0.3, -0.25) is 28.8 Å². The Hall–Kier alpha value is -4.86. The number of rotatable bonds is 18. The van der Waals surface area contributed by atoms with Crippen molar-refractivity contribution in [1.29, 1.82) is 0 Å². The molecule has 2 aromatic carbocycles. The number of piperidine rings is 1. The number of carboxylic acid groups (broad SMARTS) is 2. The lowest BCUT2D eigenvalue weighted by Crippen LogP contribution is -2.60. The predicted molar refractivity (Wildman–Crippen MR) is 200 cm³/mol. The van der Waals surface area contributed by atoms with Gasteiger partial charge < -0.3 is 48.3 Å². The molecule has 1 fully saturated rings. The van der Waals surface area contributed by atoms with E-state index < -0.39 is 59.4 Å². The number of benzene rings is 2. The van der Waals surface area contributed by atoms with E-state index in [0.717, 1.165) is 18.1 Å². The minimum atomic E-state index is -1.40. The van der Waals surface area contributed by atoms with E-state index in [4.69, 9.17) is 27.1 Å². The van der Waals surface area contributed by atoms with Crippen LogP contribution >= 0.6 is 0 Å². The number of likely N-dealkylation sites (tertiary alicyclic amines) is 1. The normalized spacial score (nSPS) is 15.8. The van der Waals surface area contributed by atoms with Crippen LogP contribution in [-0.2, 0) is 41.6 Å². The monoisotopic (exact) mass is 739 g/mol.